The van der Waals surface area contributed by atoms with Crippen molar-refractivity contribution in [1.29, 1.82) is 0 Å². The van der Waals surface area contributed by atoms with Gasteiger partial charge >= 0.3 is 6.03 Å². The van der Waals surface area contributed by atoms with E-state index >= 15 is 0 Å². The van der Waals surface area contributed by atoms with Gasteiger partial charge in [0.15, 0.2) is 0 Å². The van der Waals surface area contributed by atoms with E-state index in [-0.39, 0.29) is 12.1 Å². The van der Waals surface area contributed by atoms with Gasteiger partial charge in [-0.3, -0.25) is 0 Å². The van der Waals surface area contributed by atoms with Gasteiger partial charge < -0.3 is 25.3 Å². The van der Waals surface area contributed by atoms with E-state index in [9.17, 15) is 4.79 Å². The third-order valence-electron chi connectivity index (χ3n) is 5.06. The lowest BCUT2D eigenvalue weighted by molar-refractivity contribution is 0.176. The highest BCUT2D eigenvalue weighted by Crippen LogP contribution is 2.33. The Kier molecular flexibility index (Phi) is 4.16. The summed E-state index contributed by atoms with van der Waals surface area (Å²) in [7, 11) is 1.67. The molecule has 1 unspecified atom stereocenters. The number of hydrogen-bond acceptors (Lipinski definition) is 3. The van der Waals surface area contributed by atoms with Crippen LogP contribution in [0.4, 0.5) is 10.5 Å². The maximum atomic E-state index is 12.0. The van der Waals surface area contributed by atoms with Gasteiger partial charge in [-0.05, 0) is 18.2 Å². The second kappa shape index (κ2) is 6.63. The molecule has 0 radical (unpaired) electrons. The molecule has 2 amide bonds. The van der Waals surface area contributed by atoms with Crippen molar-refractivity contribution in [2.75, 3.05) is 31.6 Å². The maximum Gasteiger partial charge on any atom is 0.315 e. The molecule has 6 nitrogen and oxygen atoms in total. The minimum atomic E-state index is -0.384. The lowest BCUT2D eigenvalue weighted by Crippen LogP contribution is -2.52. The normalized spacial score (nSPS) is 17.5. The molecular weight excluding hydrogens is 328 g/mol. The number of piperazine rings is 1. The summed E-state index contributed by atoms with van der Waals surface area (Å²) >= 11 is 0. The molecule has 1 fully saturated rings. The zero-order valence-corrected chi connectivity index (χ0v) is 14.7. The molecule has 1 atom stereocenters. The lowest BCUT2D eigenvalue weighted by Gasteiger charge is -2.41. The van der Waals surface area contributed by atoms with Gasteiger partial charge in [-0.25, -0.2) is 4.79 Å². The highest BCUT2D eigenvalue weighted by atomic mass is 16.5. The number of nitrogens with zero attached hydrogens (tertiary/aromatic N) is 2. The minimum Gasteiger partial charge on any atom is -0.497 e. The van der Waals surface area contributed by atoms with Crippen molar-refractivity contribution in [1.82, 2.24) is 9.88 Å². The zero-order chi connectivity index (χ0) is 18.1. The number of fused-ring (bicyclic) bond motifs is 1. The number of benzene rings is 2. The SMILES string of the molecule is COc1cccc(N2CCN(C(N)=O)C(c3c[nH]c4ccccc34)C2)c1. The number of anilines is 1. The first-order valence-corrected chi connectivity index (χ1v) is 8.68. The summed E-state index contributed by atoms with van der Waals surface area (Å²) < 4.78 is 5.35. The predicted octanol–water partition coefficient (Wildman–Crippen LogP) is 3.12. The molecule has 6 heteroatoms. The molecule has 3 aromatic rings. The van der Waals surface area contributed by atoms with Crippen LogP contribution in [0.3, 0.4) is 0 Å². The summed E-state index contributed by atoms with van der Waals surface area (Å²) in [4.78, 5) is 19.4. The zero-order valence-electron chi connectivity index (χ0n) is 14.7. The summed E-state index contributed by atoms with van der Waals surface area (Å²) in [6.45, 7) is 1.99. The van der Waals surface area contributed by atoms with Crippen molar-refractivity contribution in [3.63, 3.8) is 0 Å². The summed E-state index contributed by atoms with van der Waals surface area (Å²) in [5, 5.41) is 1.12. The summed E-state index contributed by atoms with van der Waals surface area (Å²) in [5.74, 6) is 0.823. The number of aromatic amines is 1. The quantitative estimate of drug-likeness (QED) is 0.762. The highest BCUT2D eigenvalue weighted by molar-refractivity contribution is 5.84. The topological polar surface area (TPSA) is 74.6 Å². The molecule has 26 heavy (non-hydrogen) atoms. The van der Waals surface area contributed by atoms with Crippen molar-refractivity contribution in [3.8, 4) is 5.75 Å². The number of primary amides is 1. The summed E-state index contributed by atoms with van der Waals surface area (Å²) in [6, 6.07) is 15.6. The van der Waals surface area contributed by atoms with Crippen LogP contribution in [0.5, 0.6) is 5.75 Å². The molecule has 0 aliphatic carbocycles. The fourth-order valence-electron chi connectivity index (χ4n) is 3.72. The van der Waals surface area contributed by atoms with Crippen LogP contribution in [0.1, 0.15) is 11.6 Å². The van der Waals surface area contributed by atoms with E-state index in [0.29, 0.717) is 13.1 Å². The number of H-pyrrole nitrogens is 1. The lowest BCUT2D eigenvalue weighted by atomic mass is 10.0. The first-order valence-electron chi connectivity index (χ1n) is 8.68. The molecule has 2 heterocycles. The molecule has 1 saturated heterocycles. The molecule has 0 spiro atoms. The monoisotopic (exact) mass is 350 g/mol. The predicted molar refractivity (Wildman–Crippen MR) is 103 cm³/mol. The average Bonchev–Trinajstić information content (AvgIpc) is 3.11. The van der Waals surface area contributed by atoms with Crippen LogP contribution in [0.2, 0.25) is 0 Å². The Morgan fingerprint density at radius 3 is 2.85 bits per heavy atom. The highest BCUT2D eigenvalue weighted by Gasteiger charge is 2.32. The van der Waals surface area contributed by atoms with Crippen molar-refractivity contribution in [2.24, 2.45) is 5.73 Å². The Morgan fingerprint density at radius 1 is 1.19 bits per heavy atom. The van der Waals surface area contributed by atoms with E-state index in [0.717, 1.165) is 34.4 Å². The van der Waals surface area contributed by atoms with E-state index in [1.54, 1.807) is 12.0 Å². The number of rotatable bonds is 3. The second-order valence-electron chi connectivity index (χ2n) is 6.48. The number of ether oxygens (including phenoxy) is 1. The number of aromatic nitrogens is 1. The van der Waals surface area contributed by atoms with E-state index in [1.807, 2.05) is 42.6 Å². The number of hydrogen-bond donors (Lipinski definition) is 2. The Morgan fingerprint density at radius 2 is 2.04 bits per heavy atom. The van der Waals surface area contributed by atoms with Crippen LogP contribution >= 0.6 is 0 Å². The maximum absolute atomic E-state index is 12.0. The van der Waals surface area contributed by atoms with Gasteiger partial charge in [0.2, 0.25) is 0 Å². The van der Waals surface area contributed by atoms with E-state index in [4.69, 9.17) is 10.5 Å². The van der Waals surface area contributed by atoms with Crippen molar-refractivity contribution >= 4 is 22.6 Å². The molecule has 0 bridgehead atoms. The van der Waals surface area contributed by atoms with E-state index < -0.39 is 0 Å². The third-order valence-corrected chi connectivity index (χ3v) is 5.06. The number of nitrogens with one attached hydrogen (secondary N) is 1. The molecule has 134 valence electrons. The molecule has 1 aromatic heterocycles. The smallest absolute Gasteiger partial charge is 0.315 e. The summed E-state index contributed by atoms with van der Waals surface area (Å²) in [6.07, 6.45) is 1.99. The van der Waals surface area contributed by atoms with Crippen molar-refractivity contribution in [3.05, 3.63) is 60.3 Å². The Bertz CT molecular complexity index is 936. The number of urea groups is 1. The van der Waals surface area contributed by atoms with Crippen LogP contribution in [0, 0.1) is 0 Å². The number of carbonyl (C=O) groups is 1. The van der Waals surface area contributed by atoms with E-state index in [1.165, 1.54) is 0 Å². The number of para-hydroxylation sites is 1. The molecular formula is C20H22N4O2. The second-order valence-corrected chi connectivity index (χ2v) is 6.48. The number of methoxy groups -OCH3 is 1. The van der Waals surface area contributed by atoms with Gasteiger partial charge in [0, 0.05) is 54.1 Å². The van der Waals surface area contributed by atoms with Crippen LogP contribution in [0.15, 0.2) is 54.7 Å². The third kappa shape index (κ3) is 2.83. The number of carbonyl (C=O) groups excluding carboxylic acids is 1. The van der Waals surface area contributed by atoms with Crippen LogP contribution in [-0.2, 0) is 0 Å². The largest absolute Gasteiger partial charge is 0.497 e. The van der Waals surface area contributed by atoms with Crippen LogP contribution < -0.4 is 15.4 Å². The van der Waals surface area contributed by atoms with Gasteiger partial charge in [-0.1, -0.05) is 24.3 Å². The Labute approximate surface area is 152 Å². The Hall–Kier alpha value is -3.15. The molecule has 3 N–H and O–H groups in total. The van der Waals surface area contributed by atoms with Gasteiger partial charge in [0.25, 0.3) is 0 Å². The number of nitrogens with two attached hydrogens (primary N) is 1. The molecule has 1 aliphatic rings. The van der Waals surface area contributed by atoms with Crippen molar-refractivity contribution < 1.29 is 9.53 Å². The summed E-state index contributed by atoms with van der Waals surface area (Å²) in [5.41, 5.74) is 8.91. The average molecular weight is 350 g/mol. The van der Waals surface area contributed by atoms with Gasteiger partial charge in [-0.15, -0.1) is 0 Å². The molecule has 4 rings (SSSR count). The van der Waals surface area contributed by atoms with Crippen LogP contribution in [0.25, 0.3) is 10.9 Å². The number of amides is 2. The fraction of sp³-hybridized carbons (Fsp3) is 0.250. The van der Waals surface area contributed by atoms with Gasteiger partial charge in [0.05, 0.1) is 13.2 Å². The van der Waals surface area contributed by atoms with Gasteiger partial charge in [-0.2, -0.15) is 0 Å². The molecule has 1 aliphatic heterocycles. The Balaban J connectivity index is 1.70. The fourth-order valence-corrected chi connectivity index (χ4v) is 3.72. The van der Waals surface area contributed by atoms with Crippen LogP contribution in [-0.4, -0.2) is 42.7 Å². The van der Waals surface area contributed by atoms with Crippen molar-refractivity contribution in [2.45, 2.75) is 6.04 Å². The standard InChI is InChI=1S/C20H22N4O2/c1-26-15-6-4-5-14(11-15)23-9-10-24(20(21)25)19(13-23)17-12-22-18-8-3-2-7-16(17)18/h2-8,11-12,19,22H,9-10,13H2,1H3,(H2,21,25). The van der Waals surface area contributed by atoms with Gasteiger partial charge in [0.1, 0.15) is 5.75 Å². The molecule has 0 saturated carbocycles. The molecule has 2 aromatic carbocycles. The van der Waals surface area contributed by atoms with E-state index in [2.05, 4.69) is 22.0 Å². The first-order chi connectivity index (χ1) is 12.7. The minimum absolute atomic E-state index is 0.108. The first kappa shape index (κ1) is 16.3.